The van der Waals surface area contributed by atoms with Crippen LogP contribution in [0.15, 0.2) is 11.4 Å². The number of thiophene rings is 1. The van der Waals surface area contributed by atoms with Crippen molar-refractivity contribution in [3.8, 4) is 0 Å². The first kappa shape index (κ1) is 14.0. The van der Waals surface area contributed by atoms with Crippen molar-refractivity contribution in [1.82, 2.24) is 10.2 Å². The molecule has 2 nitrogen and oxygen atoms in total. The van der Waals surface area contributed by atoms with Gasteiger partial charge >= 0.3 is 0 Å². The Morgan fingerprint density at radius 3 is 2.50 bits per heavy atom. The van der Waals surface area contributed by atoms with Crippen molar-refractivity contribution in [2.75, 3.05) is 20.6 Å². The van der Waals surface area contributed by atoms with Gasteiger partial charge < -0.3 is 10.2 Å². The second-order valence-corrected chi connectivity index (χ2v) is 6.80. The zero-order valence-electron chi connectivity index (χ0n) is 12.1. The molecular formula is C15H26N2S. The van der Waals surface area contributed by atoms with Crippen LogP contribution >= 0.6 is 11.3 Å². The molecule has 0 amide bonds. The molecule has 0 aliphatic heterocycles. The average Bonchev–Trinajstić information content (AvgIpc) is 2.95. The van der Waals surface area contributed by atoms with Crippen molar-refractivity contribution in [1.29, 1.82) is 0 Å². The summed E-state index contributed by atoms with van der Waals surface area (Å²) in [5.41, 5.74) is 1.79. The molecule has 1 unspecified atom stereocenters. The number of aryl methyl sites for hydroxylation is 1. The van der Waals surface area contributed by atoms with E-state index in [0.29, 0.717) is 11.6 Å². The van der Waals surface area contributed by atoms with Gasteiger partial charge in [0.2, 0.25) is 0 Å². The molecule has 0 bridgehead atoms. The summed E-state index contributed by atoms with van der Waals surface area (Å²) in [5, 5.41) is 6.08. The summed E-state index contributed by atoms with van der Waals surface area (Å²) in [6.07, 6.45) is 5.35. The third-order valence-corrected chi connectivity index (χ3v) is 5.27. The summed E-state index contributed by atoms with van der Waals surface area (Å²) in [5.74, 6) is 0. The Morgan fingerprint density at radius 2 is 2.06 bits per heavy atom. The number of nitrogens with one attached hydrogen (secondary N) is 1. The van der Waals surface area contributed by atoms with Gasteiger partial charge in [0.1, 0.15) is 0 Å². The Kier molecular flexibility index (Phi) is 4.46. The molecule has 1 heterocycles. The van der Waals surface area contributed by atoms with Gasteiger partial charge in [0.25, 0.3) is 0 Å². The fourth-order valence-corrected chi connectivity index (χ4v) is 4.15. The number of likely N-dealkylation sites (N-methyl/N-ethyl adjacent to an activating group) is 2. The molecule has 1 aliphatic carbocycles. The maximum atomic E-state index is 3.74. The van der Waals surface area contributed by atoms with Crippen LogP contribution in [-0.2, 0) is 0 Å². The molecular weight excluding hydrogens is 240 g/mol. The van der Waals surface area contributed by atoms with E-state index in [1.54, 1.807) is 0 Å². The van der Waals surface area contributed by atoms with Crippen molar-refractivity contribution in [3.05, 3.63) is 21.9 Å². The second-order valence-electron chi connectivity index (χ2n) is 5.69. The van der Waals surface area contributed by atoms with Crippen LogP contribution < -0.4 is 5.32 Å². The van der Waals surface area contributed by atoms with Gasteiger partial charge in [-0.05, 0) is 57.4 Å². The first-order chi connectivity index (χ1) is 8.60. The van der Waals surface area contributed by atoms with Crippen molar-refractivity contribution in [2.45, 2.75) is 51.1 Å². The predicted octanol–water partition coefficient (Wildman–Crippen LogP) is 3.58. The maximum Gasteiger partial charge on any atom is 0.0515 e. The van der Waals surface area contributed by atoms with Gasteiger partial charge in [0.15, 0.2) is 0 Å². The molecule has 2 rings (SSSR count). The minimum Gasteiger partial charge on any atom is -0.309 e. The first-order valence-electron chi connectivity index (χ1n) is 7.06. The Labute approximate surface area is 115 Å². The highest BCUT2D eigenvalue weighted by atomic mass is 32.1. The average molecular weight is 266 g/mol. The van der Waals surface area contributed by atoms with Crippen LogP contribution in [-0.4, -0.2) is 31.1 Å². The fraction of sp³-hybridized carbons (Fsp3) is 0.733. The van der Waals surface area contributed by atoms with E-state index in [4.69, 9.17) is 0 Å². The normalized spacial score (nSPS) is 20.5. The monoisotopic (exact) mass is 266 g/mol. The molecule has 1 saturated carbocycles. The van der Waals surface area contributed by atoms with E-state index >= 15 is 0 Å². The van der Waals surface area contributed by atoms with Gasteiger partial charge in [-0.25, -0.2) is 0 Å². The Morgan fingerprint density at radius 1 is 1.39 bits per heavy atom. The highest BCUT2D eigenvalue weighted by Crippen LogP contribution is 2.44. The van der Waals surface area contributed by atoms with Crippen LogP contribution in [0.2, 0.25) is 0 Å². The molecule has 1 N–H and O–H groups in total. The molecule has 18 heavy (non-hydrogen) atoms. The molecule has 0 spiro atoms. The Bertz CT molecular complexity index is 378. The quantitative estimate of drug-likeness (QED) is 0.876. The van der Waals surface area contributed by atoms with Gasteiger partial charge in [-0.3, -0.25) is 0 Å². The van der Waals surface area contributed by atoms with Gasteiger partial charge in [-0.15, -0.1) is 11.3 Å². The van der Waals surface area contributed by atoms with E-state index in [2.05, 4.69) is 49.6 Å². The molecule has 0 aromatic carbocycles. The van der Waals surface area contributed by atoms with E-state index < -0.39 is 0 Å². The molecule has 0 radical (unpaired) electrons. The maximum absolute atomic E-state index is 3.74. The lowest BCUT2D eigenvalue weighted by Gasteiger charge is -2.43. The Hall–Kier alpha value is -0.380. The summed E-state index contributed by atoms with van der Waals surface area (Å²) in [6, 6.07) is 2.84. The molecule has 1 aromatic rings. The van der Waals surface area contributed by atoms with E-state index in [9.17, 15) is 0 Å². The zero-order valence-corrected chi connectivity index (χ0v) is 12.9. The van der Waals surface area contributed by atoms with E-state index in [1.165, 1.54) is 36.1 Å². The van der Waals surface area contributed by atoms with Crippen molar-refractivity contribution in [2.24, 2.45) is 0 Å². The van der Waals surface area contributed by atoms with E-state index in [-0.39, 0.29) is 0 Å². The van der Waals surface area contributed by atoms with Crippen LogP contribution in [0.4, 0.5) is 0 Å². The lowest BCUT2D eigenvalue weighted by molar-refractivity contribution is 0.105. The third kappa shape index (κ3) is 2.49. The molecule has 1 atom stereocenters. The molecule has 1 aromatic heterocycles. The SMILES string of the molecule is CCNC(c1csc(C)c1)C1(N(C)C)CCCC1. The summed E-state index contributed by atoms with van der Waals surface area (Å²) in [4.78, 5) is 3.88. The van der Waals surface area contributed by atoms with Crippen LogP contribution in [0.5, 0.6) is 0 Å². The summed E-state index contributed by atoms with van der Waals surface area (Å²) in [7, 11) is 4.49. The van der Waals surface area contributed by atoms with E-state index in [0.717, 1.165) is 6.54 Å². The van der Waals surface area contributed by atoms with Crippen LogP contribution in [0.25, 0.3) is 0 Å². The van der Waals surface area contributed by atoms with Gasteiger partial charge in [-0.2, -0.15) is 0 Å². The van der Waals surface area contributed by atoms with E-state index in [1.807, 2.05) is 11.3 Å². The fourth-order valence-electron chi connectivity index (χ4n) is 3.42. The highest BCUT2D eigenvalue weighted by molar-refractivity contribution is 7.10. The van der Waals surface area contributed by atoms with Crippen molar-refractivity contribution < 1.29 is 0 Å². The van der Waals surface area contributed by atoms with Crippen LogP contribution in [0.1, 0.15) is 49.1 Å². The van der Waals surface area contributed by atoms with Crippen LogP contribution in [0, 0.1) is 6.92 Å². The molecule has 3 heteroatoms. The second kappa shape index (κ2) is 5.72. The lowest BCUT2D eigenvalue weighted by atomic mass is 9.83. The summed E-state index contributed by atoms with van der Waals surface area (Å²) >= 11 is 1.87. The molecule has 1 fully saturated rings. The van der Waals surface area contributed by atoms with Crippen LogP contribution in [0.3, 0.4) is 0 Å². The molecule has 102 valence electrons. The van der Waals surface area contributed by atoms with Gasteiger partial charge in [0, 0.05) is 10.4 Å². The predicted molar refractivity (Wildman–Crippen MR) is 80.4 cm³/mol. The summed E-state index contributed by atoms with van der Waals surface area (Å²) in [6.45, 7) is 5.45. The number of hydrogen-bond donors (Lipinski definition) is 1. The summed E-state index contributed by atoms with van der Waals surface area (Å²) < 4.78 is 0. The highest BCUT2D eigenvalue weighted by Gasteiger charge is 2.43. The van der Waals surface area contributed by atoms with Gasteiger partial charge in [0.05, 0.1) is 6.04 Å². The van der Waals surface area contributed by atoms with Crippen molar-refractivity contribution in [3.63, 3.8) is 0 Å². The first-order valence-corrected chi connectivity index (χ1v) is 7.94. The minimum absolute atomic E-state index is 0.309. The lowest BCUT2D eigenvalue weighted by Crippen LogP contribution is -2.51. The molecule has 1 aliphatic rings. The number of nitrogens with zero attached hydrogens (tertiary/aromatic N) is 1. The van der Waals surface area contributed by atoms with Gasteiger partial charge in [-0.1, -0.05) is 19.8 Å². The number of rotatable bonds is 5. The van der Waals surface area contributed by atoms with Crippen molar-refractivity contribution >= 4 is 11.3 Å². The Balaban J connectivity index is 2.33. The largest absolute Gasteiger partial charge is 0.309 e. The standard InChI is InChI=1S/C15H26N2S/c1-5-16-14(13-10-12(2)18-11-13)15(17(3)4)8-6-7-9-15/h10-11,14,16H,5-9H2,1-4H3. The topological polar surface area (TPSA) is 15.3 Å². The number of hydrogen-bond acceptors (Lipinski definition) is 3. The third-order valence-electron chi connectivity index (χ3n) is 4.39. The zero-order chi connectivity index (χ0) is 13.2. The minimum atomic E-state index is 0.309. The molecule has 0 saturated heterocycles. The smallest absolute Gasteiger partial charge is 0.0515 e.